The van der Waals surface area contributed by atoms with E-state index in [1.54, 1.807) is 0 Å². The Morgan fingerprint density at radius 3 is 1.47 bits per heavy atom. The molecule has 0 amide bonds. The molecule has 3 fully saturated rings. The van der Waals surface area contributed by atoms with Crippen molar-refractivity contribution in [1.82, 2.24) is 15.0 Å². The summed E-state index contributed by atoms with van der Waals surface area (Å²) in [5, 5.41) is 0. The van der Waals surface area contributed by atoms with Gasteiger partial charge in [-0.25, -0.2) is 0 Å². The molecule has 4 heterocycles. The molecule has 0 aliphatic carbocycles. The second-order valence-corrected chi connectivity index (χ2v) is 10.8. The highest BCUT2D eigenvalue weighted by molar-refractivity contribution is 5.56. The first-order valence-electron chi connectivity index (χ1n) is 13.1. The number of hydrogen-bond acceptors (Lipinski definition) is 11. The van der Waals surface area contributed by atoms with Crippen LogP contribution in [0.1, 0.15) is 24.0 Å². The van der Waals surface area contributed by atoms with Gasteiger partial charge < -0.3 is 42.5 Å². The van der Waals surface area contributed by atoms with E-state index < -0.39 is 0 Å². The maximum Gasteiger partial charge on any atom is 0.232 e. The summed E-state index contributed by atoms with van der Waals surface area (Å²) in [4.78, 5) is 23.6. The summed E-state index contributed by atoms with van der Waals surface area (Å²) in [6.07, 6.45) is 1.61. The van der Waals surface area contributed by atoms with Gasteiger partial charge in [0.05, 0.1) is 0 Å². The Bertz CT molecular complexity index is 990. The first-order valence-corrected chi connectivity index (χ1v) is 13.1. The number of nitrogens with zero attached hydrogens (tertiary/aromatic N) is 7. The fourth-order valence-corrected chi connectivity index (χ4v) is 5.76. The van der Waals surface area contributed by atoms with Gasteiger partial charge in [-0.3, -0.25) is 0 Å². The fourth-order valence-electron chi connectivity index (χ4n) is 5.76. The van der Waals surface area contributed by atoms with Crippen LogP contribution < -0.4 is 42.5 Å². The zero-order valence-corrected chi connectivity index (χ0v) is 21.6. The van der Waals surface area contributed by atoms with Crippen LogP contribution in [0.15, 0.2) is 18.2 Å². The Morgan fingerprint density at radius 2 is 1.03 bits per heavy atom. The first-order chi connectivity index (χ1) is 17.2. The first kappa shape index (κ1) is 24.9. The summed E-state index contributed by atoms with van der Waals surface area (Å²) < 4.78 is 0. The number of benzene rings is 1. The lowest BCUT2D eigenvalue weighted by Gasteiger charge is -2.39. The highest BCUT2D eigenvalue weighted by Crippen LogP contribution is 2.26. The number of rotatable bonds is 4. The summed E-state index contributed by atoms with van der Waals surface area (Å²) >= 11 is 0. The average Bonchev–Trinajstić information content (AvgIpc) is 2.83. The van der Waals surface area contributed by atoms with Crippen molar-refractivity contribution in [2.45, 2.75) is 50.9 Å². The number of aromatic nitrogens is 3. The molecule has 3 saturated heterocycles. The van der Waals surface area contributed by atoms with Gasteiger partial charge in [-0.05, 0) is 38.3 Å². The van der Waals surface area contributed by atoms with Crippen LogP contribution in [0, 0.1) is 13.8 Å². The van der Waals surface area contributed by atoms with Crippen molar-refractivity contribution in [3.63, 3.8) is 0 Å². The van der Waals surface area contributed by atoms with Crippen LogP contribution in [0.25, 0.3) is 0 Å². The van der Waals surface area contributed by atoms with Gasteiger partial charge in [0.2, 0.25) is 17.8 Å². The zero-order valence-electron chi connectivity index (χ0n) is 21.6. The molecule has 11 nitrogen and oxygen atoms in total. The highest BCUT2D eigenvalue weighted by atomic mass is 15.4. The monoisotopic (exact) mass is 495 g/mol. The number of aryl methyl sites for hydroxylation is 2. The second kappa shape index (κ2) is 10.3. The normalized spacial score (nSPS) is 27.5. The Labute approximate surface area is 213 Å². The fraction of sp³-hybridized carbons (Fsp3) is 0.640. The molecule has 196 valence electrons. The van der Waals surface area contributed by atoms with Gasteiger partial charge in [0.15, 0.2) is 0 Å². The van der Waals surface area contributed by atoms with Gasteiger partial charge in [0, 0.05) is 82.2 Å². The second-order valence-electron chi connectivity index (χ2n) is 10.8. The van der Waals surface area contributed by atoms with Crippen LogP contribution in [0.2, 0.25) is 0 Å². The van der Waals surface area contributed by atoms with E-state index >= 15 is 0 Å². The Balaban J connectivity index is 1.40. The van der Waals surface area contributed by atoms with E-state index in [2.05, 4.69) is 51.6 Å². The van der Waals surface area contributed by atoms with Crippen molar-refractivity contribution in [1.29, 1.82) is 0 Å². The molecule has 4 atom stereocenters. The minimum absolute atomic E-state index is 0.00413. The van der Waals surface area contributed by atoms with E-state index in [1.807, 2.05) is 0 Å². The summed E-state index contributed by atoms with van der Waals surface area (Å²) in [5.74, 6) is 1.95. The SMILES string of the molecule is Cc1ccc(N2CCN(c3nc(N4C[C@H](N)C[C@H](N)C4)nc(N4C[C@H](N)C[C@H](N)C4)n3)CC2)c(C)c1. The minimum atomic E-state index is -0.00413. The van der Waals surface area contributed by atoms with Gasteiger partial charge in [-0.1, -0.05) is 17.7 Å². The van der Waals surface area contributed by atoms with E-state index in [0.29, 0.717) is 44.0 Å². The van der Waals surface area contributed by atoms with Gasteiger partial charge in [-0.15, -0.1) is 0 Å². The Kier molecular flexibility index (Phi) is 7.16. The zero-order chi connectivity index (χ0) is 25.4. The van der Waals surface area contributed by atoms with E-state index in [9.17, 15) is 0 Å². The summed E-state index contributed by atoms with van der Waals surface area (Å²) in [5.41, 5.74) is 29.1. The van der Waals surface area contributed by atoms with E-state index in [1.165, 1.54) is 16.8 Å². The van der Waals surface area contributed by atoms with Crippen LogP contribution in [-0.2, 0) is 0 Å². The van der Waals surface area contributed by atoms with E-state index in [0.717, 1.165) is 39.0 Å². The van der Waals surface area contributed by atoms with Gasteiger partial charge in [-0.2, -0.15) is 15.0 Å². The number of piperidine rings is 2. The minimum Gasteiger partial charge on any atom is -0.368 e. The third kappa shape index (κ3) is 5.49. The molecule has 1 aromatic heterocycles. The van der Waals surface area contributed by atoms with Crippen LogP contribution in [0.4, 0.5) is 23.5 Å². The molecule has 3 aliphatic rings. The van der Waals surface area contributed by atoms with E-state index in [-0.39, 0.29) is 24.2 Å². The topological polar surface area (TPSA) is 156 Å². The molecule has 1 aromatic carbocycles. The van der Waals surface area contributed by atoms with Crippen LogP contribution in [0.3, 0.4) is 0 Å². The average molecular weight is 496 g/mol. The van der Waals surface area contributed by atoms with Gasteiger partial charge >= 0.3 is 0 Å². The largest absolute Gasteiger partial charge is 0.368 e. The third-order valence-electron chi connectivity index (χ3n) is 7.45. The molecule has 36 heavy (non-hydrogen) atoms. The molecule has 5 rings (SSSR count). The molecular formula is C25H41N11. The smallest absolute Gasteiger partial charge is 0.232 e. The Hall–Kier alpha value is -2.73. The number of anilines is 4. The number of piperazine rings is 1. The molecule has 0 saturated carbocycles. The standard InChI is InChI=1S/C25H41N11/c1-16-3-4-22(17(2)9-16)33-5-7-34(8-6-33)23-30-24(35-12-18(26)10-19(27)13-35)32-25(31-23)36-14-20(28)11-21(29)15-36/h3-4,9,18-21H,5-8,10-15,26-29H2,1-2H3/t18-,19+,20-,21+. The molecule has 8 N–H and O–H groups in total. The molecule has 2 aromatic rings. The lowest BCUT2D eigenvalue weighted by molar-refractivity contribution is 0.440. The Morgan fingerprint density at radius 1 is 0.611 bits per heavy atom. The van der Waals surface area contributed by atoms with Crippen LogP contribution in [0.5, 0.6) is 0 Å². The van der Waals surface area contributed by atoms with Gasteiger partial charge in [0.25, 0.3) is 0 Å². The lowest BCUT2D eigenvalue weighted by atomic mass is 10.0. The molecule has 0 radical (unpaired) electrons. The molecule has 0 unspecified atom stereocenters. The van der Waals surface area contributed by atoms with Crippen molar-refractivity contribution in [3.8, 4) is 0 Å². The maximum atomic E-state index is 6.29. The number of hydrogen-bond donors (Lipinski definition) is 4. The van der Waals surface area contributed by atoms with Gasteiger partial charge in [0.1, 0.15) is 0 Å². The van der Waals surface area contributed by atoms with Crippen LogP contribution in [-0.4, -0.2) is 91.5 Å². The predicted octanol–water partition coefficient (Wildman–Crippen LogP) is -0.456. The maximum absolute atomic E-state index is 6.29. The van der Waals surface area contributed by atoms with Crippen molar-refractivity contribution < 1.29 is 0 Å². The van der Waals surface area contributed by atoms with E-state index in [4.69, 9.17) is 37.9 Å². The van der Waals surface area contributed by atoms with Crippen molar-refractivity contribution >= 4 is 23.5 Å². The third-order valence-corrected chi connectivity index (χ3v) is 7.45. The summed E-state index contributed by atoms with van der Waals surface area (Å²) in [6.45, 7) is 10.5. The van der Waals surface area contributed by atoms with Crippen molar-refractivity contribution in [2.75, 3.05) is 72.0 Å². The highest BCUT2D eigenvalue weighted by Gasteiger charge is 2.30. The quantitative estimate of drug-likeness (QED) is 0.435. The summed E-state index contributed by atoms with van der Waals surface area (Å²) in [7, 11) is 0. The molecule has 0 spiro atoms. The molecule has 11 heteroatoms. The van der Waals surface area contributed by atoms with Crippen molar-refractivity contribution in [3.05, 3.63) is 29.3 Å². The number of nitrogens with two attached hydrogens (primary N) is 4. The summed E-state index contributed by atoms with van der Waals surface area (Å²) in [6, 6.07) is 6.64. The van der Waals surface area contributed by atoms with Crippen molar-refractivity contribution in [2.24, 2.45) is 22.9 Å². The molecule has 3 aliphatic heterocycles. The molecular weight excluding hydrogens is 454 g/mol. The van der Waals surface area contributed by atoms with Crippen LogP contribution >= 0.6 is 0 Å². The molecule has 0 bridgehead atoms. The lowest BCUT2D eigenvalue weighted by Crippen LogP contribution is -2.54. The predicted molar refractivity (Wildman–Crippen MR) is 146 cm³/mol.